The lowest BCUT2D eigenvalue weighted by atomic mass is 9.70. The van der Waals surface area contributed by atoms with E-state index in [1.165, 1.54) is 36.4 Å². The van der Waals surface area contributed by atoms with E-state index < -0.39 is 23.7 Å². The molecule has 1 fully saturated rings. The summed E-state index contributed by atoms with van der Waals surface area (Å²) in [6.07, 6.45) is -2.13. The van der Waals surface area contributed by atoms with Crippen molar-refractivity contribution in [3.63, 3.8) is 0 Å². The predicted molar refractivity (Wildman–Crippen MR) is 119 cm³/mol. The van der Waals surface area contributed by atoms with Crippen molar-refractivity contribution < 1.29 is 32.2 Å². The van der Waals surface area contributed by atoms with E-state index >= 15 is 0 Å². The monoisotopic (exact) mass is 479 g/mol. The molecule has 0 spiro atoms. The number of anilines is 2. The standard InChI is InChI=1S/C24H25F4N3O3/c1-13-8-15(12-23(2,3)11-13)31-20-10-18(25)17(21(32)33)9-19(20)30-22(31)29-14-4-6-16(7-5-14)34-24(26,27)28/h4-7,9-10,13,15H,8,11-12H2,1-3H3,(H,29,30)(H,32,33)/t13-,15?/m0/s1. The third kappa shape index (κ3) is 5.10. The molecule has 1 aliphatic rings. The highest BCUT2D eigenvalue weighted by Gasteiger charge is 2.35. The largest absolute Gasteiger partial charge is 0.573 e. The Balaban J connectivity index is 1.77. The SMILES string of the molecule is C[C@H]1CC(n2c(Nc3ccc(OC(F)(F)F)cc3)nc3cc(C(=O)O)c(F)cc32)CC(C)(C)C1. The van der Waals surface area contributed by atoms with Crippen LogP contribution in [0.5, 0.6) is 5.75 Å². The summed E-state index contributed by atoms with van der Waals surface area (Å²) in [5.74, 6) is -1.85. The number of hydrogen-bond donors (Lipinski definition) is 2. The molecule has 1 saturated carbocycles. The molecule has 2 atom stereocenters. The number of nitrogens with zero attached hydrogens (tertiary/aromatic N) is 2. The van der Waals surface area contributed by atoms with Crippen LogP contribution in [0.3, 0.4) is 0 Å². The quantitative estimate of drug-likeness (QED) is 0.389. The van der Waals surface area contributed by atoms with E-state index in [-0.39, 0.29) is 17.2 Å². The molecule has 0 aliphatic heterocycles. The first-order valence-electron chi connectivity index (χ1n) is 10.9. The van der Waals surface area contributed by atoms with Crippen molar-refractivity contribution in [2.24, 2.45) is 11.3 Å². The number of imidazole rings is 1. The van der Waals surface area contributed by atoms with Crippen molar-refractivity contribution in [1.82, 2.24) is 9.55 Å². The maximum absolute atomic E-state index is 14.6. The smallest absolute Gasteiger partial charge is 0.478 e. The first-order valence-corrected chi connectivity index (χ1v) is 10.9. The molecule has 1 aliphatic carbocycles. The first kappa shape index (κ1) is 23.8. The van der Waals surface area contributed by atoms with E-state index in [2.05, 4.69) is 35.8 Å². The van der Waals surface area contributed by atoms with E-state index in [1.54, 1.807) is 0 Å². The van der Waals surface area contributed by atoms with Gasteiger partial charge in [0, 0.05) is 17.8 Å². The van der Waals surface area contributed by atoms with E-state index in [4.69, 9.17) is 0 Å². The Bertz CT molecular complexity index is 1220. The molecular formula is C24H25F4N3O3. The molecule has 1 heterocycles. The lowest BCUT2D eigenvalue weighted by Crippen LogP contribution is -2.29. The van der Waals surface area contributed by atoms with Gasteiger partial charge >= 0.3 is 12.3 Å². The van der Waals surface area contributed by atoms with Crippen LogP contribution in [0.1, 0.15) is 56.4 Å². The Labute approximate surface area is 193 Å². The number of alkyl halides is 3. The second kappa shape index (κ2) is 8.48. The van der Waals surface area contributed by atoms with Crippen LogP contribution in [0.4, 0.5) is 29.2 Å². The molecule has 1 aromatic heterocycles. The summed E-state index contributed by atoms with van der Waals surface area (Å²) in [5.41, 5.74) is 0.779. The van der Waals surface area contributed by atoms with Crippen LogP contribution in [0.15, 0.2) is 36.4 Å². The number of carbonyl (C=O) groups is 1. The van der Waals surface area contributed by atoms with Crippen LogP contribution in [0.2, 0.25) is 0 Å². The minimum absolute atomic E-state index is 0.0332. The molecule has 0 radical (unpaired) electrons. The summed E-state index contributed by atoms with van der Waals surface area (Å²) in [4.78, 5) is 16.0. The molecule has 0 saturated heterocycles. The number of aromatic nitrogens is 2. The van der Waals surface area contributed by atoms with Gasteiger partial charge in [0.15, 0.2) is 0 Å². The highest BCUT2D eigenvalue weighted by Crippen LogP contribution is 2.46. The molecule has 182 valence electrons. The molecular weight excluding hydrogens is 454 g/mol. The third-order valence-corrected chi connectivity index (χ3v) is 6.08. The Hall–Kier alpha value is -3.30. The lowest BCUT2D eigenvalue weighted by molar-refractivity contribution is -0.274. The summed E-state index contributed by atoms with van der Waals surface area (Å²) < 4.78 is 57.8. The van der Waals surface area contributed by atoms with Crippen LogP contribution in [0, 0.1) is 17.2 Å². The molecule has 1 unspecified atom stereocenters. The van der Waals surface area contributed by atoms with Gasteiger partial charge in [0.1, 0.15) is 11.6 Å². The van der Waals surface area contributed by atoms with Gasteiger partial charge in [-0.2, -0.15) is 0 Å². The number of carboxylic acid groups (broad SMARTS) is 1. The van der Waals surface area contributed by atoms with Crippen molar-refractivity contribution in [1.29, 1.82) is 0 Å². The number of hydrogen-bond acceptors (Lipinski definition) is 4. The number of nitrogens with one attached hydrogen (secondary N) is 1. The summed E-state index contributed by atoms with van der Waals surface area (Å²) in [5, 5.41) is 12.4. The van der Waals surface area contributed by atoms with Crippen LogP contribution in [0.25, 0.3) is 11.0 Å². The van der Waals surface area contributed by atoms with E-state index in [0.29, 0.717) is 28.6 Å². The second-order valence-corrected chi connectivity index (χ2v) is 9.70. The highest BCUT2D eigenvalue weighted by molar-refractivity contribution is 5.93. The molecule has 6 nitrogen and oxygen atoms in total. The van der Waals surface area contributed by atoms with Crippen molar-refractivity contribution in [2.75, 3.05) is 5.32 Å². The summed E-state index contributed by atoms with van der Waals surface area (Å²) in [6, 6.07) is 7.54. The Morgan fingerprint density at radius 3 is 2.47 bits per heavy atom. The van der Waals surface area contributed by atoms with Crippen LogP contribution < -0.4 is 10.1 Å². The van der Waals surface area contributed by atoms with Crippen molar-refractivity contribution >= 4 is 28.6 Å². The summed E-state index contributed by atoms with van der Waals surface area (Å²) >= 11 is 0. The van der Waals surface area contributed by atoms with Gasteiger partial charge < -0.3 is 19.7 Å². The van der Waals surface area contributed by atoms with Gasteiger partial charge in [-0.3, -0.25) is 0 Å². The number of aromatic carboxylic acids is 1. The van der Waals surface area contributed by atoms with E-state index in [0.717, 1.165) is 19.3 Å². The van der Waals surface area contributed by atoms with Crippen molar-refractivity contribution in [3.8, 4) is 5.75 Å². The molecule has 4 rings (SSSR count). The fourth-order valence-corrected chi connectivity index (χ4v) is 5.10. The zero-order chi connectivity index (χ0) is 24.8. The Kier molecular flexibility index (Phi) is 5.95. The van der Waals surface area contributed by atoms with Gasteiger partial charge in [-0.05, 0) is 60.9 Å². The minimum atomic E-state index is -4.79. The number of carboxylic acids is 1. The lowest BCUT2D eigenvalue weighted by Gasteiger charge is -2.40. The number of fused-ring (bicyclic) bond motifs is 1. The minimum Gasteiger partial charge on any atom is -0.478 e. The normalized spacial score (nSPS) is 20.3. The van der Waals surface area contributed by atoms with Gasteiger partial charge in [0.05, 0.1) is 16.6 Å². The van der Waals surface area contributed by atoms with Gasteiger partial charge in [0.2, 0.25) is 5.95 Å². The summed E-state index contributed by atoms with van der Waals surface area (Å²) in [7, 11) is 0. The molecule has 2 aromatic carbocycles. The Morgan fingerprint density at radius 1 is 1.21 bits per heavy atom. The van der Waals surface area contributed by atoms with Gasteiger partial charge in [-0.1, -0.05) is 20.8 Å². The highest BCUT2D eigenvalue weighted by atomic mass is 19.4. The van der Waals surface area contributed by atoms with Crippen LogP contribution in [-0.4, -0.2) is 27.0 Å². The van der Waals surface area contributed by atoms with Crippen molar-refractivity contribution in [2.45, 2.75) is 52.4 Å². The maximum Gasteiger partial charge on any atom is 0.573 e. The predicted octanol–water partition coefficient (Wildman–Crippen LogP) is 6.90. The topological polar surface area (TPSA) is 76.4 Å². The fraction of sp³-hybridized carbons (Fsp3) is 0.417. The third-order valence-electron chi connectivity index (χ3n) is 6.08. The van der Waals surface area contributed by atoms with Gasteiger partial charge in [0.25, 0.3) is 0 Å². The molecule has 3 aromatic rings. The maximum atomic E-state index is 14.6. The number of benzene rings is 2. The molecule has 2 N–H and O–H groups in total. The van der Waals surface area contributed by atoms with E-state index in [1.807, 2.05) is 4.57 Å². The average Bonchev–Trinajstić information content (AvgIpc) is 3.02. The molecule has 0 bridgehead atoms. The number of ether oxygens (including phenoxy) is 1. The molecule has 10 heteroatoms. The van der Waals surface area contributed by atoms with E-state index in [9.17, 15) is 27.5 Å². The van der Waals surface area contributed by atoms with Gasteiger partial charge in [-0.25, -0.2) is 14.2 Å². The molecule has 34 heavy (non-hydrogen) atoms. The zero-order valence-electron chi connectivity index (χ0n) is 18.9. The first-order chi connectivity index (χ1) is 15.8. The number of halogens is 4. The van der Waals surface area contributed by atoms with Crippen LogP contribution >= 0.6 is 0 Å². The average molecular weight is 479 g/mol. The fourth-order valence-electron chi connectivity index (χ4n) is 5.10. The molecule has 0 amide bonds. The second-order valence-electron chi connectivity index (χ2n) is 9.70. The zero-order valence-corrected chi connectivity index (χ0v) is 18.9. The summed E-state index contributed by atoms with van der Waals surface area (Å²) in [6.45, 7) is 6.50. The van der Waals surface area contributed by atoms with Gasteiger partial charge in [-0.15, -0.1) is 13.2 Å². The Morgan fingerprint density at radius 2 is 1.88 bits per heavy atom. The van der Waals surface area contributed by atoms with Crippen LogP contribution in [-0.2, 0) is 0 Å². The van der Waals surface area contributed by atoms with Crippen molar-refractivity contribution in [3.05, 3.63) is 47.8 Å². The number of rotatable bonds is 5.